The molecule has 2 atom stereocenters. The number of ether oxygens (including phenoxy) is 1. The van der Waals surface area contributed by atoms with Gasteiger partial charge in [0.1, 0.15) is 5.75 Å². The highest BCUT2D eigenvalue weighted by Gasteiger charge is 2.38. The fraction of sp³-hybridized carbons (Fsp3) is 0.320. The van der Waals surface area contributed by atoms with Gasteiger partial charge in [0.2, 0.25) is 5.91 Å². The molecular formula is C25H26N3O3+. The van der Waals surface area contributed by atoms with Gasteiger partial charge in [-0.2, -0.15) is 0 Å². The minimum atomic E-state index is 0.0321. The third kappa shape index (κ3) is 3.85. The first-order chi connectivity index (χ1) is 15.1. The summed E-state index contributed by atoms with van der Waals surface area (Å²) in [6.07, 6.45) is 9.82. The molecule has 5 rings (SSSR count). The Balaban J connectivity index is 1.24. The highest BCUT2D eigenvalue weighted by atomic mass is 16.5. The molecule has 1 fully saturated rings. The number of carbonyl (C=O) groups is 2. The number of methoxy groups -OCH3 is 1. The molecule has 3 aliphatic rings. The van der Waals surface area contributed by atoms with Crippen molar-refractivity contribution in [3.8, 4) is 5.75 Å². The molecule has 2 amide bonds. The third-order valence-corrected chi connectivity index (χ3v) is 6.50. The first kappa shape index (κ1) is 19.5. The van der Waals surface area contributed by atoms with Gasteiger partial charge in [0.05, 0.1) is 19.7 Å². The molecule has 1 saturated heterocycles. The zero-order valence-electron chi connectivity index (χ0n) is 17.6. The van der Waals surface area contributed by atoms with Crippen molar-refractivity contribution in [2.24, 2.45) is 11.8 Å². The number of pyridine rings is 1. The van der Waals surface area contributed by atoms with Crippen LogP contribution in [0.1, 0.15) is 29.5 Å². The molecule has 2 N–H and O–H groups in total. The number of likely N-dealkylation sites (tertiary alicyclic amines) is 1. The quantitative estimate of drug-likeness (QED) is 0.779. The molecule has 0 saturated carbocycles. The van der Waals surface area contributed by atoms with Crippen LogP contribution in [0.5, 0.6) is 5.75 Å². The molecule has 1 aromatic heterocycles. The van der Waals surface area contributed by atoms with E-state index in [1.807, 2.05) is 41.4 Å². The van der Waals surface area contributed by atoms with Crippen molar-refractivity contribution in [1.82, 2.24) is 4.90 Å². The van der Waals surface area contributed by atoms with Gasteiger partial charge in [-0.1, -0.05) is 24.3 Å². The number of aryl methyl sites for hydroxylation is 1. The second-order valence-electron chi connectivity index (χ2n) is 8.48. The van der Waals surface area contributed by atoms with Crippen LogP contribution in [-0.4, -0.2) is 36.9 Å². The minimum Gasteiger partial charge on any atom is -0.496 e. The van der Waals surface area contributed by atoms with E-state index in [9.17, 15) is 9.59 Å². The van der Waals surface area contributed by atoms with Gasteiger partial charge in [-0.15, -0.1) is 0 Å². The van der Waals surface area contributed by atoms with Gasteiger partial charge in [0.15, 0.2) is 0 Å². The summed E-state index contributed by atoms with van der Waals surface area (Å²) in [6, 6.07) is 10.2. The maximum absolute atomic E-state index is 12.8. The molecule has 2 aromatic rings. The molecule has 1 aliphatic carbocycles. The van der Waals surface area contributed by atoms with Crippen molar-refractivity contribution in [2.75, 3.05) is 25.5 Å². The zero-order chi connectivity index (χ0) is 21.4. The highest BCUT2D eigenvalue weighted by Crippen LogP contribution is 2.43. The fourth-order valence-electron chi connectivity index (χ4n) is 4.90. The molecule has 0 bridgehead atoms. The average Bonchev–Trinajstić information content (AvgIpc) is 3.37. The second kappa shape index (κ2) is 8.02. The minimum absolute atomic E-state index is 0.0321. The molecule has 6 nitrogen and oxygen atoms in total. The number of allylic oxidation sites excluding steroid dienone is 1. The van der Waals surface area contributed by atoms with E-state index in [0.717, 1.165) is 47.8 Å². The first-order valence-corrected chi connectivity index (χ1v) is 10.8. The monoisotopic (exact) mass is 416 g/mol. The molecule has 0 spiro atoms. The number of carbonyl (C=O) groups excluding carboxylic acids is 2. The lowest BCUT2D eigenvalue weighted by molar-refractivity contribution is -0.361. The van der Waals surface area contributed by atoms with Crippen molar-refractivity contribution in [2.45, 2.75) is 19.3 Å². The van der Waals surface area contributed by atoms with E-state index >= 15 is 0 Å². The van der Waals surface area contributed by atoms with Gasteiger partial charge in [-0.25, -0.2) is 15.1 Å². The summed E-state index contributed by atoms with van der Waals surface area (Å²) in [4.78, 5) is 29.3. The zero-order valence-corrected chi connectivity index (χ0v) is 17.6. The Morgan fingerprint density at radius 2 is 2.13 bits per heavy atom. The van der Waals surface area contributed by atoms with Gasteiger partial charge in [-0.3, -0.25) is 4.79 Å². The van der Waals surface area contributed by atoms with Crippen molar-refractivity contribution >= 4 is 29.3 Å². The van der Waals surface area contributed by atoms with E-state index in [4.69, 9.17) is 4.74 Å². The first-order valence-electron chi connectivity index (χ1n) is 10.8. The third-order valence-electron chi connectivity index (χ3n) is 6.50. The Labute approximate surface area is 181 Å². The van der Waals surface area contributed by atoms with E-state index in [1.165, 1.54) is 5.57 Å². The molecule has 0 radical (unpaired) electrons. The summed E-state index contributed by atoms with van der Waals surface area (Å²) in [5.41, 5.74) is 4.49. The number of para-hydroxylation sites is 1. The van der Waals surface area contributed by atoms with Crippen LogP contribution in [0, 0.1) is 11.8 Å². The Morgan fingerprint density at radius 3 is 2.97 bits per heavy atom. The number of hydrogen-bond acceptors (Lipinski definition) is 3. The normalized spacial score (nSPS) is 22.2. The lowest BCUT2D eigenvalue weighted by Gasteiger charge is -2.16. The Kier molecular flexibility index (Phi) is 5.06. The van der Waals surface area contributed by atoms with Gasteiger partial charge in [0, 0.05) is 35.9 Å². The molecule has 3 heterocycles. The topological polar surface area (TPSA) is 72.8 Å². The SMILES string of the molecule is COc1ccccc1C1=CC2CN(C(=O)/C=C/c3c[nH+]c4c(c3)CCC(=O)N4)CC2C1. The number of anilines is 1. The van der Waals surface area contributed by atoms with Crippen LogP contribution in [0.2, 0.25) is 0 Å². The molecule has 158 valence electrons. The molecule has 2 aliphatic heterocycles. The summed E-state index contributed by atoms with van der Waals surface area (Å²) in [5.74, 6) is 2.61. The number of nitrogens with zero attached hydrogens (tertiary/aromatic N) is 1. The highest BCUT2D eigenvalue weighted by molar-refractivity contribution is 5.93. The molecule has 2 unspecified atom stereocenters. The van der Waals surface area contributed by atoms with Crippen LogP contribution < -0.4 is 15.0 Å². The number of H-pyrrole nitrogens is 1. The number of fused-ring (bicyclic) bond motifs is 2. The fourth-order valence-corrected chi connectivity index (χ4v) is 4.90. The van der Waals surface area contributed by atoms with Gasteiger partial charge in [-0.05, 0) is 48.5 Å². The predicted octanol–water partition coefficient (Wildman–Crippen LogP) is 2.97. The predicted molar refractivity (Wildman–Crippen MR) is 118 cm³/mol. The van der Waals surface area contributed by atoms with Crippen LogP contribution in [-0.2, 0) is 16.0 Å². The van der Waals surface area contributed by atoms with Crippen LogP contribution in [0.3, 0.4) is 0 Å². The van der Waals surface area contributed by atoms with E-state index in [-0.39, 0.29) is 11.8 Å². The van der Waals surface area contributed by atoms with Crippen LogP contribution in [0.25, 0.3) is 11.6 Å². The summed E-state index contributed by atoms with van der Waals surface area (Å²) >= 11 is 0. The Morgan fingerprint density at radius 1 is 1.26 bits per heavy atom. The van der Waals surface area contributed by atoms with E-state index in [1.54, 1.807) is 13.2 Å². The summed E-state index contributed by atoms with van der Waals surface area (Å²) in [7, 11) is 1.71. The lowest BCUT2D eigenvalue weighted by Crippen LogP contribution is -2.27. The number of aromatic nitrogens is 1. The van der Waals surface area contributed by atoms with Crippen molar-refractivity contribution in [1.29, 1.82) is 0 Å². The van der Waals surface area contributed by atoms with Crippen LogP contribution >= 0.6 is 0 Å². The van der Waals surface area contributed by atoms with Crippen molar-refractivity contribution < 1.29 is 19.3 Å². The Bertz CT molecular complexity index is 1100. The Hall–Kier alpha value is -3.41. The van der Waals surface area contributed by atoms with Crippen molar-refractivity contribution in [3.63, 3.8) is 0 Å². The maximum Gasteiger partial charge on any atom is 0.307 e. The summed E-state index contributed by atoms with van der Waals surface area (Å²) in [6.45, 7) is 1.54. The lowest BCUT2D eigenvalue weighted by atomic mass is 9.98. The number of hydrogen-bond donors (Lipinski definition) is 1. The van der Waals surface area contributed by atoms with E-state index < -0.39 is 0 Å². The molecule has 31 heavy (non-hydrogen) atoms. The number of aromatic amines is 1. The molecular weight excluding hydrogens is 390 g/mol. The number of nitrogens with one attached hydrogen (secondary N) is 2. The maximum atomic E-state index is 12.8. The van der Waals surface area contributed by atoms with Gasteiger partial charge in [0.25, 0.3) is 5.82 Å². The van der Waals surface area contributed by atoms with E-state index in [2.05, 4.69) is 22.4 Å². The van der Waals surface area contributed by atoms with Gasteiger partial charge < -0.3 is 9.64 Å². The molecule has 1 aromatic carbocycles. The van der Waals surface area contributed by atoms with Crippen LogP contribution in [0.15, 0.2) is 48.7 Å². The summed E-state index contributed by atoms with van der Waals surface area (Å²) in [5, 5.41) is 2.83. The second-order valence-corrected chi connectivity index (χ2v) is 8.48. The average molecular weight is 417 g/mol. The standard InChI is InChI=1S/C25H25N3O3/c1-31-22-5-3-2-4-21(22)18-11-19-14-28(15-20(19)12-18)24(30)9-6-16-10-17-7-8-23(29)27-25(17)26-13-16/h2-6,9-11,13,19-20H,7-8,12,14-15H2,1H3,(H,26,27,29)/p+1/b9-6+. The number of rotatable bonds is 4. The van der Waals surface area contributed by atoms with Gasteiger partial charge >= 0.3 is 5.91 Å². The van der Waals surface area contributed by atoms with E-state index in [0.29, 0.717) is 24.7 Å². The number of amides is 2. The van der Waals surface area contributed by atoms with Crippen molar-refractivity contribution in [3.05, 3.63) is 65.4 Å². The van der Waals surface area contributed by atoms with Crippen LogP contribution in [0.4, 0.5) is 5.82 Å². The molecule has 6 heteroatoms. The smallest absolute Gasteiger partial charge is 0.307 e. The largest absolute Gasteiger partial charge is 0.496 e. The number of benzene rings is 1. The summed E-state index contributed by atoms with van der Waals surface area (Å²) < 4.78 is 5.52.